The Hall–Kier alpha value is -3.47. The van der Waals surface area contributed by atoms with Gasteiger partial charge in [-0.15, -0.1) is 0 Å². The van der Waals surface area contributed by atoms with Gasteiger partial charge in [0, 0.05) is 24.7 Å². The average molecular weight is 391 g/mol. The highest BCUT2D eigenvalue weighted by Crippen LogP contribution is 2.31. The third kappa shape index (κ3) is 5.08. The molecule has 3 rings (SSSR count). The summed E-state index contributed by atoms with van der Waals surface area (Å²) in [5.74, 6) is 2.04. The molecule has 0 aromatic heterocycles. The van der Waals surface area contributed by atoms with Crippen molar-refractivity contribution in [2.75, 3.05) is 21.3 Å². The zero-order chi connectivity index (χ0) is 20.6. The lowest BCUT2D eigenvalue weighted by atomic mass is 10.1. The second-order valence-corrected chi connectivity index (χ2v) is 6.61. The summed E-state index contributed by atoms with van der Waals surface area (Å²) in [6, 6.07) is 22.8. The number of ether oxygens (including phenoxy) is 3. The van der Waals surface area contributed by atoms with Crippen LogP contribution in [0.3, 0.4) is 0 Å². The number of para-hydroxylation sites is 2. The van der Waals surface area contributed by atoms with Crippen molar-refractivity contribution in [2.45, 2.75) is 13.2 Å². The van der Waals surface area contributed by atoms with Crippen molar-refractivity contribution < 1.29 is 19.0 Å². The van der Waals surface area contributed by atoms with Crippen molar-refractivity contribution in [3.63, 3.8) is 0 Å². The molecule has 5 heteroatoms. The molecule has 0 fully saturated rings. The smallest absolute Gasteiger partial charge is 0.253 e. The topological polar surface area (TPSA) is 48.0 Å². The van der Waals surface area contributed by atoms with E-state index in [2.05, 4.69) is 0 Å². The van der Waals surface area contributed by atoms with Crippen LogP contribution in [0.5, 0.6) is 17.2 Å². The van der Waals surface area contributed by atoms with Gasteiger partial charge in [-0.3, -0.25) is 4.79 Å². The van der Waals surface area contributed by atoms with Crippen molar-refractivity contribution >= 4 is 5.91 Å². The molecule has 0 unspecified atom stereocenters. The zero-order valence-electron chi connectivity index (χ0n) is 16.9. The number of rotatable bonds is 8. The van der Waals surface area contributed by atoms with E-state index >= 15 is 0 Å². The summed E-state index contributed by atoms with van der Waals surface area (Å²) in [6.45, 7) is 0.868. The van der Waals surface area contributed by atoms with Gasteiger partial charge in [0.15, 0.2) is 11.5 Å². The molecule has 3 aromatic carbocycles. The molecule has 0 N–H and O–H groups in total. The third-order valence-electron chi connectivity index (χ3n) is 4.59. The molecular formula is C24H25NO4. The van der Waals surface area contributed by atoms with E-state index in [1.165, 1.54) is 0 Å². The van der Waals surface area contributed by atoms with Gasteiger partial charge in [-0.1, -0.05) is 42.5 Å². The predicted octanol–water partition coefficient (Wildman–Crippen LogP) is 4.56. The summed E-state index contributed by atoms with van der Waals surface area (Å²) in [7, 11) is 4.96. The lowest BCUT2D eigenvalue weighted by Gasteiger charge is -2.20. The molecule has 0 spiro atoms. The van der Waals surface area contributed by atoms with Crippen molar-refractivity contribution in [1.82, 2.24) is 4.90 Å². The Labute approximate surface area is 171 Å². The predicted molar refractivity (Wildman–Crippen MR) is 113 cm³/mol. The highest BCUT2D eigenvalue weighted by Gasteiger charge is 2.16. The van der Waals surface area contributed by atoms with Gasteiger partial charge in [-0.05, 0) is 35.9 Å². The van der Waals surface area contributed by atoms with Crippen molar-refractivity contribution in [1.29, 1.82) is 0 Å². The van der Waals surface area contributed by atoms with Gasteiger partial charge in [0.2, 0.25) is 0 Å². The molecule has 0 saturated heterocycles. The summed E-state index contributed by atoms with van der Waals surface area (Å²) >= 11 is 0. The van der Waals surface area contributed by atoms with Crippen LogP contribution >= 0.6 is 0 Å². The van der Waals surface area contributed by atoms with Crippen LogP contribution in [0.15, 0.2) is 72.8 Å². The van der Waals surface area contributed by atoms with Crippen LogP contribution < -0.4 is 14.2 Å². The van der Waals surface area contributed by atoms with Gasteiger partial charge in [0.25, 0.3) is 5.91 Å². The second kappa shape index (κ2) is 9.64. The van der Waals surface area contributed by atoms with Crippen LogP contribution in [0.1, 0.15) is 21.5 Å². The summed E-state index contributed by atoms with van der Waals surface area (Å²) in [5, 5.41) is 0. The van der Waals surface area contributed by atoms with E-state index in [-0.39, 0.29) is 5.91 Å². The van der Waals surface area contributed by atoms with Crippen LogP contribution in [-0.4, -0.2) is 32.1 Å². The Morgan fingerprint density at radius 3 is 2.24 bits per heavy atom. The van der Waals surface area contributed by atoms with E-state index in [9.17, 15) is 4.79 Å². The van der Waals surface area contributed by atoms with Gasteiger partial charge in [0.05, 0.1) is 14.2 Å². The molecule has 0 saturated carbocycles. The molecule has 0 heterocycles. The van der Waals surface area contributed by atoms with E-state index in [4.69, 9.17) is 14.2 Å². The van der Waals surface area contributed by atoms with Crippen LogP contribution in [0.2, 0.25) is 0 Å². The molecule has 0 radical (unpaired) electrons. The number of carbonyl (C=O) groups is 1. The average Bonchev–Trinajstić information content (AvgIpc) is 2.78. The maximum atomic E-state index is 12.8. The van der Waals surface area contributed by atoms with E-state index in [1.807, 2.05) is 72.8 Å². The molecule has 0 aliphatic rings. The van der Waals surface area contributed by atoms with Gasteiger partial charge in [-0.25, -0.2) is 0 Å². The van der Waals surface area contributed by atoms with E-state index in [0.717, 1.165) is 16.9 Å². The molecule has 29 heavy (non-hydrogen) atoms. The molecule has 1 amide bonds. The monoisotopic (exact) mass is 391 g/mol. The molecule has 5 nitrogen and oxygen atoms in total. The van der Waals surface area contributed by atoms with E-state index < -0.39 is 0 Å². The minimum atomic E-state index is -0.0644. The quantitative estimate of drug-likeness (QED) is 0.565. The normalized spacial score (nSPS) is 10.3. The molecule has 0 aliphatic carbocycles. The Bertz CT molecular complexity index is 939. The SMILES string of the molecule is COc1cccc(CN(C)C(=O)c2ccc(COc3ccccc3)cc2)c1OC. The lowest BCUT2D eigenvalue weighted by Crippen LogP contribution is -2.26. The minimum absolute atomic E-state index is 0.0644. The van der Waals surface area contributed by atoms with Crippen LogP contribution in [0, 0.1) is 0 Å². The maximum absolute atomic E-state index is 12.8. The molecule has 150 valence electrons. The van der Waals surface area contributed by atoms with Crippen LogP contribution in [0.25, 0.3) is 0 Å². The van der Waals surface area contributed by atoms with Gasteiger partial charge < -0.3 is 19.1 Å². The molecular weight excluding hydrogens is 366 g/mol. The highest BCUT2D eigenvalue weighted by atomic mass is 16.5. The lowest BCUT2D eigenvalue weighted by molar-refractivity contribution is 0.0784. The number of methoxy groups -OCH3 is 2. The number of hydrogen-bond donors (Lipinski definition) is 0. The number of nitrogens with zero attached hydrogens (tertiary/aromatic N) is 1. The molecule has 0 bridgehead atoms. The first kappa shape index (κ1) is 20.3. The Balaban J connectivity index is 1.64. The Morgan fingerprint density at radius 2 is 1.59 bits per heavy atom. The Kier molecular flexibility index (Phi) is 6.74. The van der Waals surface area contributed by atoms with Crippen molar-refractivity contribution in [2.24, 2.45) is 0 Å². The largest absolute Gasteiger partial charge is 0.493 e. The van der Waals surface area contributed by atoms with Gasteiger partial charge >= 0.3 is 0 Å². The van der Waals surface area contributed by atoms with E-state index in [0.29, 0.717) is 30.2 Å². The molecule has 0 atom stereocenters. The summed E-state index contributed by atoms with van der Waals surface area (Å²) in [5.41, 5.74) is 2.51. The van der Waals surface area contributed by atoms with Crippen LogP contribution in [-0.2, 0) is 13.2 Å². The number of hydrogen-bond acceptors (Lipinski definition) is 4. The number of benzene rings is 3. The molecule has 0 aliphatic heterocycles. The van der Waals surface area contributed by atoms with Gasteiger partial charge in [-0.2, -0.15) is 0 Å². The number of amides is 1. The summed E-state index contributed by atoms with van der Waals surface area (Å²) in [4.78, 5) is 14.5. The van der Waals surface area contributed by atoms with Crippen molar-refractivity contribution in [3.8, 4) is 17.2 Å². The maximum Gasteiger partial charge on any atom is 0.253 e. The minimum Gasteiger partial charge on any atom is -0.493 e. The summed E-state index contributed by atoms with van der Waals surface area (Å²) in [6.07, 6.45) is 0. The first-order valence-electron chi connectivity index (χ1n) is 9.34. The Morgan fingerprint density at radius 1 is 0.862 bits per heavy atom. The highest BCUT2D eigenvalue weighted by molar-refractivity contribution is 5.94. The van der Waals surface area contributed by atoms with Gasteiger partial charge in [0.1, 0.15) is 12.4 Å². The third-order valence-corrected chi connectivity index (χ3v) is 4.59. The summed E-state index contributed by atoms with van der Waals surface area (Å²) < 4.78 is 16.5. The van der Waals surface area contributed by atoms with Crippen molar-refractivity contribution in [3.05, 3.63) is 89.5 Å². The standard InChI is InChI=1S/C24H25NO4/c1-25(16-20-8-7-11-22(27-2)23(20)28-3)24(26)19-14-12-18(13-15-19)17-29-21-9-5-4-6-10-21/h4-15H,16-17H2,1-3H3. The number of carbonyl (C=O) groups excluding carboxylic acids is 1. The fourth-order valence-electron chi connectivity index (χ4n) is 3.05. The fraction of sp³-hybridized carbons (Fsp3) is 0.208. The fourth-order valence-corrected chi connectivity index (χ4v) is 3.05. The first-order valence-corrected chi connectivity index (χ1v) is 9.34. The second-order valence-electron chi connectivity index (χ2n) is 6.61. The zero-order valence-corrected chi connectivity index (χ0v) is 16.9. The first-order chi connectivity index (χ1) is 14.1. The molecule has 3 aromatic rings. The van der Waals surface area contributed by atoms with Crippen LogP contribution in [0.4, 0.5) is 0 Å². The van der Waals surface area contributed by atoms with E-state index in [1.54, 1.807) is 26.2 Å².